The number of amides is 2. The fraction of sp³-hybridized carbons (Fsp3) is 0.364. The molecule has 2 rings (SSSR count). The van der Waals surface area contributed by atoms with Gasteiger partial charge in [0.25, 0.3) is 0 Å². The summed E-state index contributed by atoms with van der Waals surface area (Å²) in [6.45, 7) is 6.19. The molecule has 0 radical (unpaired) electrons. The van der Waals surface area contributed by atoms with E-state index in [1.54, 1.807) is 7.11 Å². The molecule has 5 heteroatoms. The third-order valence-corrected chi connectivity index (χ3v) is 4.41. The summed E-state index contributed by atoms with van der Waals surface area (Å²) in [4.78, 5) is 24.9. The van der Waals surface area contributed by atoms with E-state index in [2.05, 4.69) is 10.6 Å². The van der Waals surface area contributed by atoms with Crippen LogP contribution in [0.25, 0.3) is 0 Å². The van der Waals surface area contributed by atoms with E-state index in [9.17, 15) is 9.59 Å². The minimum Gasteiger partial charge on any atom is -0.496 e. The van der Waals surface area contributed by atoms with Crippen molar-refractivity contribution in [1.29, 1.82) is 0 Å². The Bertz CT molecular complexity index is 772. The largest absolute Gasteiger partial charge is 0.496 e. The predicted octanol–water partition coefficient (Wildman–Crippen LogP) is 3.00. The highest BCUT2D eigenvalue weighted by atomic mass is 16.5. The molecule has 0 saturated heterocycles. The minimum absolute atomic E-state index is 0.0164. The first-order valence-electron chi connectivity index (χ1n) is 9.15. The Labute approximate surface area is 161 Å². The second-order valence-electron chi connectivity index (χ2n) is 6.97. The van der Waals surface area contributed by atoms with Crippen molar-refractivity contribution in [3.8, 4) is 5.75 Å². The molecule has 0 spiro atoms. The quantitative estimate of drug-likeness (QED) is 0.753. The van der Waals surface area contributed by atoms with Crippen LogP contribution >= 0.6 is 0 Å². The number of hydrogen-bond donors (Lipinski definition) is 2. The van der Waals surface area contributed by atoms with Crippen LogP contribution in [-0.2, 0) is 22.6 Å². The number of ether oxygens (including phenoxy) is 1. The van der Waals surface area contributed by atoms with Crippen LogP contribution < -0.4 is 15.4 Å². The molecule has 2 N–H and O–H groups in total. The van der Waals surface area contributed by atoms with Gasteiger partial charge in [-0.25, -0.2) is 0 Å². The maximum atomic E-state index is 12.6. The lowest BCUT2D eigenvalue weighted by Gasteiger charge is -2.22. The number of benzene rings is 2. The van der Waals surface area contributed by atoms with Gasteiger partial charge in [-0.15, -0.1) is 0 Å². The van der Waals surface area contributed by atoms with E-state index in [-0.39, 0.29) is 24.2 Å². The molecule has 27 heavy (non-hydrogen) atoms. The summed E-state index contributed by atoms with van der Waals surface area (Å²) < 4.78 is 5.32. The van der Waals surface area contributed by atoms with Gasteiger partial charge in [-0.1, -0.05) is 56.3 Å². The van der Waals surface area contributed by atoms with Gasteiger partial charge in [-0.05, 0) is 35.6 Å². The lowest BCUT2D eigenvalue weighted by molar-refractivity contribution is -0.129. The second kappa shape index (κ2) is 9.76. The molecule has 0 bridgehead atoms. The maximum absolute atomic E-state index is 12.6. The Morgan fingerprint density at radius 1 is 1.04 bits per heavy atom. The molecule has 144 valence electrons. The van der Waals surface area contributed by atoms with E-state index in [1.165, 1.54) is 0 Å². The van der Waals surface area contributed by atoms with Crippen LogP contribution in [-0.4, -0.2) is 25.0 Å². The lowest BCUT2D eigenvalue weighted by Crippen LogP contribution is -2.49. The number of hydrogen-bond acceptors (Lipinski definition) is 3. The van der Waals surface area contributed by atoms with Gasteiger partial charge >= 0.3 is 0 Å². The van der Waals surface area contributed by atoms with Gasteiger partial charge in [0, 0.05) is 6.54 Å². The maximum Gasteiger partial charge on any atom is 0.243 e. The highest BCUT2D eigenvalue weighted by Crippen LogP contribution is 2.18. The van der Waals surface area contributed by atoms with Crippen LogP contribution in [0.5, 0.6) is 5.75 Å². The Morgan fingerprint density at radius 3 is 2.37 bits per heavy atom. The molecule has 2 aromatic rings. The molecule has 0 aliphatic carbocycles. The van der Waals surface area contributed by atoms with Gasteiger partial charge in [0.1, 0.15) is 11.8 Å². The first-order valence-corrected chi connectivity index (χ1v) is 9.15. The molecule has 5 nitrogen and oxygen atoms in total. The predicted molar refractivity (Wildman–Crippen MR) is 106 cm³/mol. The van der Waals surface area contributed by atoms with Crippen LogP contribution in [0.3, 0.4) is 0 Å². The summed E-state index contributed by atoms with van der Waals surface area (Å²) in [6, 6.07) is 14.7. The van der Waals surface area contributed by atoms with E-state index in [4.69, 9.17) is 4.74 Å². The summed E-state index contributed by atoms with van der Waals surface area (Å²) in [5.74, 6) is 0.425. The monoisotopic (exact) mass is 368 g/mol. The molecule has 1 atom stereocenters. The zero-order chi connectivity index (χ0) is 19.8. The zero-order valence-corrected chi connectivity index (χ0v) is 16.4. The average Bonchev–Trinajstić information content (AvgIpc) is 2.65. The highest BCUT2D eigenvalue weighted by Gasteiger charge is 2.24. The van der Waals surface area contributed by atoms with Crippen molar-refractivity contribution >= 4 is 11.8 Å². The third-order valence-electron chi connectivity index (χ3n) is 4.41. The van der Waals surface area contributed by atoms with Gasteiger partial charge in [0.15, 0.2) is 0 Å². The molecule has 2 amide bonds. The number of nitrogens with one attached hydrogen (secondary N) is 2. The highest BCUT2D eigenvalue weighted by molar-refractivity contribution is 5.88. The van der Waals surface area contributed by atoms with E-state index in [1.807, 2.05) is 69.3 Å². The second-order valence-corrected chi connectivity index (χ2v) is 6.97. The summed E-state index contributed by atoms with van der Waals surface area (Å²) in [5, 5.41) is 5.77. The van der Waals surface area contributed by atoms with E-state index >= 15 is 0 Å². The third kappa shape index (κ3) is 6.13. The summed E-state index contributed by atoms with van der Waals surface area (Å²) in [7, 11) is 1.63. The molecule has 1 unspecified atom stereocenters. The molecule has 0 fully saturated rings. The smallest absolute Gasteiger partial charge is 0.243 e. The van der Waals surface area contributed by atoms with Gasteiger partial charge in [-0.2, -0.15) is 0 Å². The van der Waals surface area contributed by atoms with Gasteiger partial charge < -0.3 is 15.4 Å². The van der Waals surface area contributed by atoms with Crippen LogP contribution in [0, 0.1) is 12.8 Å². The Hall–Kier alpha value is -2.82. The SMILES string of the molecule is COc1cc(CNC(=O)C(NC(=O)Cc2ccccc2)C(C)C)ccc1C. The van der Waals surface area contributed by atoms with Crippen molar-refractivity contribution in [3.63, 3.8) is 0 Å². The summed E-state index contributed by atoms with van der Waals surface area (Å²) >= 11 is 0. The Morgan fingerprint density at radius 2 is 1.74 bits per heavy atom. The van der Waals surface area contributed by atoms with Gasteiger partial charge in [0.05, 0.1) is 13.5 Å². The average molecular weight is 368 g/mol. The van der Waals surface area contributed by atoms with Crippen LogP contribution in [0.2, 0.25) is 0 Å². The number of methoxy groups -OCH3 is 1. The molecular formula is C22H28N2O3. The Kier molecular flexibility index (Phi) is 7.41. The van der Waals surface area contributed by atoms with E-state index < -0.39 is 6.04 Å². The molecule has 0 aliphatic rings. The van der Waals surface area contributed by atoms with E-state index in [0.29, 0.717) is 6.54 Å². The topological polar surface area (TPSA) is 67.4 Å². The fourth-order valence-electron chi connectivity index (χ4n) is 2.81. The number of carbonyl (C=O) groups is 2. The summed E-state index contributed by atoms with van der Waals surface area (Å²) in [6.07, 6.45) is 0.256. The first-order chi connectivity index (χ1) is 12.9. The molecule has 0 heterocycles. The molecular weight excluding hydrogens is 340 g/mol. The van der Waals surface area contributed by atoms with E-state index in [0.717, 1.165) is 22.4 Å². The van der Waals surface area contributed by atoms with Crippen molar-refractivity contribution in [1.82, 2.24) is 10.6 Å². The van der Waals surface area contributed by atoms with Gasteiger partial charge in [-0.3, -0.25) is 9.59 Å². The molecule has 0 aliphatic heterocycles. The van der Waals surface area contributed by atoms with Crippen molar-refractivity contribution in [2.24, 2.45) is 5.92 Å². The molecule has 0 aromatic heterocycles. The minimum atomic E-state index is -0.575. The lowest BCUT2D eigenvalue weighted by atomic mass is 10.0. The fourth-order valence-corrected chi connectivity index (χ4v) is 2.81. The molecule has 0 saturated carbocycles. The van der Waals surface area contributed by atoms with Crippen LogP contribution in [0.1, 0.15) is 30.5 Å². The van der Waals surface area contributed by atoms with Crippen LogP contribution in [0.4, 0.5) is 0 Å². The Balaban J connectivity index is 1.95. The van der Waals surface area contributed by atoms with Crippen molar-refractivity contribution < 1.29 is 14.3 Å². The number of rotatable bonds is 8. The van der Waals surface area contributed by atoms with Crippen molar-refractivity contribution in [2.75, 3.05) is 7.11 Å². The molecule has 2 aromatic carbocycles. The van der Waals surface area contributed by atoms with Crippen LogP contribution in [0.15, 0.2) is 48.5 Å². The number of aryl methyl sites for hydroxylation is 1. The first kappa shape index (κ1) is 20.5. The van der Waals surface area contributed by atoms with Crippen molar-refractivity contribution in [3.05, 3.63) is 65.2 Å². The van der Waals surface area contributed by atoms with Crippen molar-refractivity contribution in [2.45, 2.75) is 39.8 Å². The van der Waals surface area contributed by atoms with Gasteiger partial charge in [0.2, 0.25) is 11.8 Å². The standard InChI is InChI=1S/C22H28N2O3/c1-15(2)21(24-20(25)13-17-8-6-5-7-9-17)22(26)23-14-18-11-10-16(3)19(12-18)27-4/h5-12,15,21H,13-14H2,1-4H3,(H,23,26)(H,24,25). The number of carbonyl (C=O) groups excluding carboxylic acids is 2. The zero-order valence-electron chi connectivity index (χ0n) is 16.4. The summed E-state index contributed by atoms with van der Waals surface area (Å²) in [5.41, 5.74) is 2.91. The normalized spacial score (nSPS) is 11.7.